The van der Waals surface area contributed by atoms with Crippen molar-refractivity contribution in [3.05, 3.63) is 64.9 Å². The van der Waals surface area contributed by atoms with Crippen molar-refractivity contribution in [1.82, 2.24) is 25.3 Å². The van der Waals surface area contributed by atoms with Crippen LogP contribution in [0.5, 0.6) is 0 Å². The van der Waals surface area contributed by atoms with Crippen LogP contribution in [0.3, 0.4) is 0 Å². The third-order valence-corrected chi connectivity index (χ3v) is 4.96. The highest BCUT2D eigenvalue weighted by Crippen LogP contribution is 2.28. The second-order valence-corrected chi connectivity index (χ2v) is 7.18. The number of nitrogens with one attached hydrogen (secondary N) is 1. The number of aromatic nitrogens is 3. The van der Waals surface area contributed by atoms with Gasteiger partial charge in [0.25, 0.3) is 5.91 Å². The van der Waals surface area contributed by atoms with Gasteiger partial charge in [0.2, 0.25) is 5.91 Å². The fourth-order valence-corrected chi connectivity index (χ4v) is 3.46. The van der Waals surface area contributed by atoms with Gasteiger partial charge in [-0.15, -0.1) is 0 Å². The molecule has 8 heteroatoms. The summed E-state index contributed by atoms with van der Waals surface area (Å²) in [5, 5.41) is 6.80. The Morgan fingerprint density at radius 3 is 2.79 bits per heavy atom. The molecular weight excluding hydrogens is 370 g/mol. The summed E-state index contributed by atoms with van der Waals surface area (Å²) in [6.45, 7) is 3.93. The summed E-state index contributed by atoms with van der Waals surface area (Å²) in [6.07, 6.45) is 1.86. The number of carbonyl (C=O) groups is 2. The maximum absolute atomic E-state index is 12.9. The van der Waals surface area contributed by atoms with Gasteiger partial charge >= 0.3 is 0 Å². The van der Waals surface area contributed by atoms with Gasteiger partial charge in [-0.05, 0) is 25.5 Å². The number of aryl methyl sites for hydroxylation is 2. The van der Waals surface area contributed by atoms with E-state index in [9.17, 15) is 9.59 Å². The van der Waals surface area contributed by atoms with Crippen LogP contribution in [-0.2, 0) is 11.3 Å². The highest BCUT2D eigenvalue weighted by molar-refractivity contribution is 5.99. The van der Waals surface area contributed by atoms with E-state index in [2.05, 4.69) is 20.4 Å². The molecule has 29 heavy (non-hydrogen) atoms. The van der Waals surface area contributed by atoms with Gasteiger partial charge in [0, 0.05) is 24.9 Å². The summed E-state index contributed by atoms with van der Waals surface area (Å²) in [4.78, 5) is 35.3. The third kappa shape index (κ3) is 3.73. The molecule has 1 aliphatic heterocycles. The van der Waals surface area contributed by atoms with Crippen LogP contribution >= 0.6 is 0 Å². The lowest BCUT2D eigenvalue weighted by Crippen LogP contribution is -2.31. The van der Waals surface area contributed by atoms with Crippen molar-refractivity contribution in [2.24, 2.45) is 0 Å². The molecule has 0 spiro atoms. The van der Waals surface area contributed by atoms with Crippen LogP contribution in [0.25, 0.3) is 11.3 Å². The summed E-state index contributed by atoms with van der Waals surface area (Å²) < 4.78 is 5.35. The zero-order chi connectivity index (χ0) is 20.5. The van der Waals surface area contributed by atoms with Crippen molar-refractivity contribution in [2.45, 2.75) is 32.9 Å². The van der Waals surface area contributed by atoms with E-state index in [4.69, 9.17) is 4.52 Å². The minimum absolute atomic E-state index is 0.0945. The van der Waals surface area contributed by atoms with Crippen LogP contribution in [0.1, 0.15) is 45.6 Å². The van der Waals surface area contributed by atoms with Gasteiger partial charge in [-0.25, -0.2) is 9.97 Å². The molecule has 2 amide bonds. The fraction of sp³-hybridized carbons (Fsp3) is 0.286. The average molecular weight is 391 g/mol. The molecule has 3 heterocycles. The molecule has 1 aromatic carbocycles. The van der Waals surface area contributed by atoms with Crippen LogP contribution in [-0.4, -0.2) is 38.9 Å². The second kappa shape index (κ2) is 7.46. The van der Waals surface area contributed by atoms with Crippen LogP contribution < -0.4 is 5.32 Å². The summed E-state index contributed by atoms with van der Waals surface area (Å²) in [6, 6.07) is 8.83. The number of amides is 2. The van der Waals surface area contributed by atoms with Crippen molar-refractivity contribution in [3.63, 3.8) is 0 Å². The molecule has 1 unspecified atom stereocenters. The number of nitrogens with zero attached hydrogens (tertiary/aromatic N) is 4. The molecule has 0 fully saturated rings. The molecular formula is C21H21N5O3. The normalized spacial score (nSPS) is 15.1. The molecule has 148 valence electrons. The van der Waals surface area contributed by atoms with E-state index in [-0.39, 0.29) is 24.3 Å². The standard InChI is InChI=1S/C21H21N5O3/c1-12-8-19(29-25-12)16-10-22-13(2)23-18(16)11-26(3)20(27)9-17-14-6-4-5-7-15(14)21(28)24-17/h4-8,10,17H,9,11H2,1-3H3,(H,24,28). The van der Waals surface area contributed by atoms with Crippen LogP contribution in [0, 0.1) is 13.8 Å². The third-order valence-electron chi connectivity index (χ3n) is 4.96. The largest absolute Gasteiger partial charge is 0.356 e. The summed E-state index contributed by atoms with van der Waals surface area (Å²) in [7, 11) is 1.72. The topological polar surface area (TPSA) is 101 Å². The van der Waals surface area contributed by atoms with Crippen molar-refractivity contribution < 1.29 is 14.1 Å². The van der Waals surface area contributed by atoms with Crippen LogP contribution in [0.15, 0.2) is 41.1 Å². The quantitative estimate of drug-likeness (QED) is 0.717. The van der Waals surface area contributed by atoms with Gasteiger partial charge in [0.05, 0.1) is 36.0 Å². The Morgan fingerprint density at radius 2 is 2.03 bits per heavy atom. The molecule has 4 rings (SSSR count). The number of rotatable bonds is 5. The first-order valence-electron chi connectivity index (χ1n) is 9.32. The number of benzene rings is 1. The zero-order valence-electron chi connectivity index (χ0n) is 16.5. The Morgan fingerprint density at radius 1 is 1.24 bits per heavy atom. The lowest BCUT2D eigenvalue weighted by molar-refractivity contribution is -0.130. The van der Waals surface area contributed by atoms with Gasteiger partial charge in [0.1, 0.15) is 5.82 Å². The van der Waals surface area contributed by atoms with E-state index in [1.54, 1.807) is 31.1 Å². The predicted octanol–water partition coefficient (Wildman–Crippen LogP) is 2.58. The van der Waals surface area contributed by atoms with Gasteiger partial charge in [0.15, 0.2) is 5.76 Å². The Kier molecular flexibility index (Phi) is 4.84. The minimum atomic E-state index is -0.322. The van der Waals surface area contributed by atoms with E-state index in [0.717, 1.165) is 11.3 Å². The number of hydrogen-bond acceptors (Lipinski definition) is 6. The van der Waals surface area contributed by atoms with Crippen molar-refractivity contribution >= 4 is 11.8 Å². The maximum atomic E-state index is 12.9. The van der Waals surface area contributed by atoms with E-state index >= 15 is 0 Å². The van der Waals surface area contributed by atoms with Crippen molar-refractivity contribution in [3.8, 4) is 11.3 Å². The Bertz CT molecular complexity index is 1090. The highest BCUT2D eigenvalue weighted by Gasteiger charge is 2.30. The SMILES string of the molecule is Cc1cc(-c2cnc(C)nc2CN(C)C(=O)CC2NC(=O)c3ccccc32)on1. The number of hydrogen-bond donors (Lipinski definition) is 1. The number of fused-ring (bicyclic) bond motifs is 1. The molecule has 0 saturated heterocycles. The second-order valence-electron chi connectivity index (χ2n) is 7.18. The van der Waals surface area contributed by atoms with Gasteiger partial charge in [-0.3, -0.25) is 9.59 Å². The molecule has 1 aliphatic rings. The molecule has 0 radical (unpaired) electrons. The highest BCUT2D eigenvalue weighted by atomic mass is 16.5. The lowest BCUT2D eigenvalue weighted by atomic mass is 10.0. The smallest absolute Gasteiger partial charge is 0.252 e. The van der Waals surface area contributed by atoms with Crippen molar-refractivity contribution in [2.75, 3.05) is 7.05 Å². The van der Waals surface area contributed by atoms with Gasteiger partial charge < -0.3 is 14.7 Å². The van der Waals surface area contributed by atoms with E-state index in [1.807, 2.05) is 31.2 Å². The first-order chi connectivity index (χ1) is 13.9. The predicted molar refractivity (Wildman–Crippen MR) is 105 cm³/mol. The summed E-state index contributed by atoms with van der Waals surface area (Å²) >= 11 is 0. The van der Waals surface area contributed by atoms with E-state index in [1.165, 1.54) is 0 Å². The Hall–Kier alpha value is -3.55. The van der Waals surface area contributed by atoms with Gasteiger partial charge in [-0.2, -0.15) is 0 Å². The van der Waals surface area contributed by atoms with Crippen molar-refractivity contribution in [1.29, 1.82) is 0 Å². The molecule has 0 bridgehead atoms. The minimum Gasteiger partial charge on any atom is -0.356 e. The molecule has 0 saturated carbocycles. The van der Waals surface area contributed by atoms with E-state index < -0.39 is 0 Å². The monoisotopic (exact) mass is 391 g/mol. The molecule has 1 atom stereocenters. The average Bonchev–Trinajstić information content (AvgIpc) is 3.26. The Labute approximate surface area is 167 Å². The molecule has 8 nitrogen and oxygen atoms in total. The summed E-state index contributed by atoms with van der Waals surface area (Å²) in [5.41, 5.74) is 3.62. The van der Waals surface area contributed by atoms with Gasteiger partial charge in [-0.1, -0.05) is 23.4 Å². The molecule has 3 aromatic rings. The number of carbonyl (C=O) groups excluding carboxylic acids is 2. The first-order valence-corrected chi connectivity index (χ1v) is 9.32. The molecule has 2 aromatic heterocycles. The summed E-state index contributed by atoms with van der Waals surface area (Å²) in [5.74, 6) is 0.937. The molecule has 0 aliphatic carbocycles. The maximum Gasteiger partial charge on any atom is 0.252 e. The van der Waals surface area contributed by atoms with Crippen LogP contribution in [0.4, 0.5) is 0 Å². The Balaban J connectivity index is 1.51. The first kappa shape index (κ1) is 18.8. The zero-order valence-corrected chi connectivity index (χ0v) is 16.5. The molecule has 1 N–H and O–H groups in total. The lowest BCUT2D eigenvalue weighted by Gasteiger charge is -2.20. The van der Waals surface area contributed by atoms with Crippen LogP contribution in [0.2, 0.25) is 0 Å². The van der Waals surface area contributed by atoms with E-state index in [0.29, 0.717) is 35.0 Å². The fourth-order valence-electron chi connectivity index (χ4n) is 3.46.